The van der Waals surface area contributed by atoms with Crippen molar-refractivity contribution >= 4 is 17.3 Å². The zero-order chi connectivity index (χ0) is 13.4. The van der Waals surface area contributed by atoms with Gasteiger partial charge in [-0.15, -0.1) is 11.3 Å². The van der Waals surface area contributed by atoms with E-state index >= 15 is 0 Å². The lowest BCUT2D eigenvalue weighted by Gasteiger charge is -2.26. The molecule has 5 nitrogen and oxygen atoms in total. The normalized spacial score (nSPS) is 15.4. The Kier molecular flexibility index (Phi) is 3.12. The predicted octanol–water partition coefficient (Wildman–Crippen LogP) is 1.74. The molecule has 0 spiro atoms. The van der Waals surface area contributed by atoms with Crippen LogP contribution in [0.1, 0.15) is 26.5 Å². The molecule has 3 rings (SSSR count). The van der Waals surface area contributed by atoms with Gasteiger partial charge in [0.1, 0.15) is 5.56 Å². The average Bonchev–Trinajstić information content (AvgIpc) is 2.97. The molecule has 0 aliphatic carbocycles. The SMILES string of the molecule is Cn1ncc(C(=O)O)c1CN1CCc2sccc2C1. The maximum absolute atomic E-state index is 11.2. The molecule has 19 heavy (non-hydrogen) atoms. The minimum absolute atomic E-state index is 0.304. The first-order valence-electron chi connectivity index (χ1n) is 6.17. The van der Waals surface area contributed by atoms with Crippen LogP contribution < -0.4 is 0 Å². The number of thiophene rings is 1. The molecule has 3 heterocycles. The zero-order valence-corrected chi connectivity index (χ0v) is 11.5. The van der Waals surface area contributed by atoms with Crippen molar-refractivity contribution < 1.29 is 9.90 Å². The highest BCUT2D eigenvalue weighted by molar-refractivity contribution is 7.10. The largest absolute Gasteiger partial charge is 0.478 e. The van der Waals surface area contributed by atoms with Gasteiger partial charge in [-0.05, 0) is 23.4 Å². The average molecular weight is 277 g/mol. The van der Waals surface area contributed by atoms with Crippen LogP contribution in [0.2, 0.25) is 0 Å². The summed E-state index contributed by atoms with van der Waals surface area (Å²) in [6.07, 6.45) is 2.48. The molecule has 100 valence electrons. The smallest absolute Gasteiger partial charge is 0.339 e. The maximum Gasteiger partial charge on any atom is 0.339 e. The number of aryl methyl sites for hydroxylation is 1. The third kappa shape index (κ3) is 2.29. The number of nitrogens with zero attached hydrogens (tertiary/aromatic N) is 3. The first-order chi connectivity index (χ1) is 9.15. The van der Waals surface area contributed by atoms with Gasteiger partial charge in [0.25, 0.3) is 0 Å². The third-order valence-electron chi connectivity index (χ3n) is 3.55. The Hall–Kier alpha value is -1.66. The molecule has 1 aliphatic heterocycles. The number of carboxylic acid groups (broad SMARTS) is 1. The van der Waals surface area contributed by atoms with Crippen molar-refractivity contribution in [1.29, 1.82) is 0 Å². The van der Waals surface area contributed by atoms with E-state index in [2.05, 4.69) is 21.4 Å². The van der Waals surface area contributed by atoms with Crippen LogP contribution in [0.15, 0.2) is 17.6 Å². The number of aromatic nitrogens is 2. The quantitative estimate of drug-likeness (QED) is 0.928. The highest BCUT2D eigenvalue weighted by atomic mass is 32.1. The second kappa shape index (κ2) is 4.79. The van der Waals surface area contributed by atoms with Crippen molar-refractivity contribution in [3.8, 4) is 0 Å². The topological polar surface area (TPSA) is 58.4 Å². The molecule has 6 heteroatoms. The molecular formula is C13H15N3O2S. The Bertz CT molecular complexity index is 617. The summed E-state index contributed by atoms with van der Waals surface area (Å²) >= 11 is 1.81. The maximum atomic E-state index is 11.2. The highest BCUT2D eigenvalue weighted by Crippen LogP contribution is 2.25. The fraction of sp³-hybridized carbons (Fsp3) is 0.385. The number of fused-ring (bicyclic) bond motifs is 1. The minimum Gasteiger partial charge on any atom is -0.478 e. The Labute approximate surface area is 115 Å². The van der Waals surface area contributed by atoms with Gasteiger partial charge in [-0.2, -0.15) is 5.10 Å². The van der Waals surface area contributed by atoms with Crippen molar-refractivity contribution in [2.45, 2.75) is 19.5 Å². The molecule has 0 unspecified atom stereocenters. The van der Waals surface area contributed by atoms with Crippen LogP contribution >= 0.6 is 11.3 Å². The predicted molar refractivity (Wildman–Crippen MR) is 72.3 cm³/mol. The number of carbonyl (C=O) groups is 1. The van der Waals surface area contributed by atoms with Gasteiger partial charge in [0.15, 0.2) is 0 Å². The summed E-state index contributed by atoms with van der Waals surface area (Å²) in [6.45, 7) is 2.49. The van der Waals surface area contributed by atoms with Crippen LogP contribution in [0.3, 0.4) is 0 Å². The second-order valence-electron chi connectivity index (χ2n) is 4.76. The molecule has 1 aliphatic rings. The molecule has 0 bridgehead atoms. The van der Waals surface area contributed by atoms with Crippen molar-refractivity contribution in [3.05, 3.63) is 39.3 Å². The van der Waals surface area contributed by atoms with E-state index in [0.717, 1.165) is 25.2 Å². The van der Waals surface area contributed by atoms with E-state index in [0.29, 0.717) is 12.1 Å². The van der Waals surface area contributed by atoms with Gasteiger partial charge in [0, 0.05) is 31.6 Å². The van der Waals surface area contributed by atoms with E-state index in [9.17, 15) is 4.79 Å². The van der Waals surface area contributed by atoms with Crippen LogP contribution in [0.4, 0.5) is 0 Å². The van der Waals surface area contributed by atoms with Gasteiger partial charge in [-0.25, -0.2) is 4.79 Å². The van der Waals surface area contributed by atoms with Gasteiger partial charge < -0.3 is 5.11 Å². The summed E-state index contributed by atoms with van der Waals surface area (Å²) in [7, 11) is 1.79. The van der Waals surface area contributed by atoms with Gasteiger partial charge in [0.05, 0.1) is 11.9 Å². The fourth-order valence-corrected chi connectivity index (χ4v) is 3.37. The van der Waals surface area contributed by atoms with E-state index in [1.165, 1.54) is 16.6 Å². The highest BCUT2D eigenvalue weighted by Gasteiger charge is 2.21. The van der Waals surface area contributed by atoms with Crippen molar-refractivity contribution in [2.24, 2.45) is 7.05 Å². The lowest BCUT2D eigenvalue weighted by Crippen LogP contribution is -2.30. The van der Waals surface area contributed by atoms with E-state index in [1.807, 2.05) is 11.3 Å². The number of carboxylic acids is 1. The molecule has 0 amide bonds. The summed E-state index contributed by atoms with van der Waals surface area (Å²) in [5, 5.41) is 15.3. The lowest BCUT2D eigenvalue weighted by atomic mass is 10.1. The molecule has 0 fully saturated rings. The first-order valence-corrected chi connectivity index (χ1v) is 7.05. The summed E-state index contributed by atoms with van der Waals surface area (Å²) in [6, 6.07) is 2.16. The molecule has 0 radical (unpaired) electrons. The third-order valence-corrected chi connectivity index (χ3v) is 4.58. The molecule has 2 aromatic heterocycles. The standard InChI is InChI=1S/C13H15N3O2S/c1-15-11(10(6-14-15)13(17)18)8-16-4-2-12-9(7-16)3-5-19-12/h3,5-6H,2,4,7-8H2,1H3,(H,17,18). The van der Waals surface area contributed by atoms with Crippen LogP contribution in [0.5, 0.6) is 0 Å². The van der Waals surface area contributed by atoms with Crippen LogP contribution in [-0.2, 0) is 26.6 Å². The lowest BCUT2D eigenvalue weighted by molar-refractivity contribution is 0.0694. The molecule has 0 saturated heterocycles. The number of aromatic carboxylic acids is 1. The minimum atomic E-state index is -0.906. The van der Waals surface area contributed by atoms with Gasteiger partial charge in [0.2, 0.25) is 0 Å². The summed E-state index contributed by atoms with van der Waals surface area (Å²) in [5.74, 6) is -0.906. The summed E-state index contributed by atoms with van der Waals surface area (Å²) in [4.78, 5) is 14.9. The van der Waals surface area contributed by atoms with Crippen LogP contribution in [0.25, 0.3) is 0 Å². The molecule has 1 N–H and O–H groups in total. The molecule has 0 saturated carbocycles. The van der Waals surface area contributed by atoms with E-state index in [4.69, 9.17) is 5.11 Å². The fourth-order valence-electron chi connectivity index (χ4n) is 2.48. The van der Waals surface area contributed by atoms with Crippen molar-refractivity contribution in [2.75, 3.05) is 6.54 Å². The molecule has 2 aromatic rings. The Morgan fingerprint density at radius 1 is 1.58 bits per heavy atom. The monoisotopic (exact) mass is 277 g/mol. The Morgan fingerprint density at radius 3 is 3.21 bits per heavy atom. The molecule has 0 atom stereocenters. The van der Waals surface area contributed by atoms with Crippen LogP contribution in [-0.4, -0.2) is 32.3 Å². The number of hydrogen-bond acceptors (Lipinski definition) is 4. The van der Waals surface area contributed by atoms with Gasteiger partial charge in [-0.3, -0.25) is 9.58 Å². The molecular weight excluding hydrogens is 262 g/mol. The van der Waals surface area contributed by atoms with Crippen molar-refractivity contribution in [3.63, 3.8) is 0 Å². The zero-order valence-electron chi connectivity index (χ0n) is 10.7. The van der Waals surface area contributed by atoms with Crippen LogP contribution in [0, 0.1) is 0 Å². The molecule has 0 aromatic carbocycles. The van der Waals surface area contributed by atoms with E-state index < -0.39 is 5.97 Å². The van der Waals surface area contributed by atoms with Crippen molar-refractivity contribution in [1.82, 2.24) is 14.7 Å². The van der Waals surface area contributed by atoms with E-state index in [1.54, 1.807) is 11.7 Å². The summed E-state index contributed by atoms with van der Waals surface area (Å²) in [5.41, 5.74) is 2.44. The second-order valence-corrected chi connectivity index (χ2v) is 5.76. The number of rotatable bonds is 3. The summed E-state index contributed by atoms with van der Waals surface area (Å²) < 4.78 is 1.66. The van der Waals surface area contributed by atoms with Gasteiger partial charge in [-0.1, -0.05) is 0 Å². The Balaban J connectivity index is 1.80. The van der Waals surface area contributed by atoms with E-state index in [-0.39, 0.29) is 0 Å². The number of hydrogen-bond donors (Lipinski definition) is 1. The van der Waals surface area contributed by atoms with Gasteiger partial charge >= 0.3 is 5.97 Å². The Morgan fingerprint density at radius 2 is 2.42 bits per heavy atom. The first kappa shape index (κ1) is 12.4.